The third kappa shape index (κ3) is 4.01. The molecule has 2 unspecified atom stereocenters. The van der Waals surface area contributed by atoms with Gasteiger partial charge in [-0.2, -0.15) is 0 Å². The Morgan fingerprint density at radius 2 is 2.15 bits per heavy atom. The van der Waals surface area contributed by atoms with Gasteiger partial charge < -0.3 is 10.5 Å². The molecule has 0 aromatic heterocycles. The molecule has 1 heterocycles. The van der Waals surface area contributed by atoms with E-state index in [1.165, 1.54) is 0 Å². The second-order valence-electron chi connectivity index (χ2n) is 5.20. The third-order valence-corrected chi connectivity index (χ3v) is 5.34. The molecule has 4 nitrogen and oxygen atoms in total. The summed E-state index contributed by atoms with van der Waals surface area (Å²) in [6.07, 6.45) is 0.694. The Morgan fingerprint density at radius 3 is 2.70 bits per heavy atom. The molecule has 2 atom stereocenters. The number of hydrogen-bond acceptors (Lipinski definition) is 4. The fraction of sp³-hybridized carbons (Fsp3) is 0.538. The highest BCUT2D eigenvalue weighted by atomic mass is 35.5. The number of sulfone groups is 1. The molecule has 0 spiro atoms. The SMILES string of the molecule is CC(N)Cc1cc(Cl)cc(Cl)c1OC1CCS(=O)(=O)C1. The first-order valence-corrected chi connectivity index (χ1v) is 8.95. The van der Waals surface area contributed by atoms with E-state index in [1.54, 1.807) is 12.1 Å². The largest absolute Gasteiger partial charge is 0.487 e. The van der Waals surface area contributed by atoms with Gasteiger partial charge >= 0.3 is 0 Å². The molecular weight excluding hydrogens is 321 g/mol. The number of rotatable bonds is 4. The van der Waals surface area contributed by atoms with E-state index in [0.29, 0.717) is 28.6 Å². The highest BCUT2D eigenvalue weighted by molar-refractivity contribution is 7.91. The van der Waals surface area contributed by atoms with Gasteiger partial charge in [-0.1, -0.05) is 23.2 Å². The van der Waals surface area contributed by atoms with Gasteiger partial charge in [0.2, 0.25) is 0 Å². The number of nitrogens with two attached hydrogens (primary N) is 1. The van der Waals surface area contributed by atoms with Gasteiger partial charge in [-0.3, -0.25) is 0 Å². The molecule has 0 saturated carbocycles. The van der Waals surface area contributed by atoms with Crippen LogP contribution in [0.25, 0.3) is 0 Å². The van der Waals surface area contributed by atoms with E-state index >= 15 is 0 Å². The maximum atomic E-state index is 11.5. The van der Waals surface area contributed by atoms with Crippen molar-refractivity contribution in [2.24, 2.45) is 5.73 Å². The van der Waals surface area contributed by atoms with Crippen molar-refractivity contribution in [3.63, 3.8) is 0 Å². The van der Waals surface area contributed by atoms with Gasteiger partial charge in [0.25, 0.3) is 0 Å². The smallest absolute Gasteiger partial charge is 0.154 e. The zero-order chi connectivity index (χ0) is 14.9. The molecule has 112 valence electrons. The van der Waals surface area contributed by atoms with E-state index in [1.807, 2.05) is 6.92 Å². The maximum absolute atomic E-state index is 11.5. The zero-order valence-corrected chi connectivity index (χ0v) is 13.4. The molecule has 0 radical (unpaired) electrons. The highest BCUT2D eigenvalue weighted by Gasteiger charge is 2.30. The van der Waals surface area contributed by atoms with Crippen LogP contribution in [-0.4, -0.2) is 32.1 Å². The number of ether oxygens (including phenoxy) is 1. The summed E-state index contributed by atoms with van der Waals surface area (Å²) in [7, 11) is -2.99. The summed E-state index contributed by atoms with van der Waals surface area (Å²) >= 11 is 12.2. The lowest BCUT2D eigenvalue weighted by atomic mass is 10.1. The molecule has 1 aromatic rings. The van der Waals surface area contributed by atoms with Gasteiger partial charge in [-0.25, -0.2) is 8.42 Å². The van der Waals surface area contributed by atoms with Crippen molar-refractivity contribution in [1.29, 1.82) is 0 Å². The first-order chi connectivity index (χ1) is 9.27. The van der Waals surface area contributed by atoms with E-state index in [4.69, 9.17) is 33.7 Å². The molecule has 1 fully saturated rings. The lowest BCUT2D eigenvalue weighted by molar-refractivity contribution is 0.226. The Hall–Kier alpha value is -0.490. The van der Waals surface area contributed by atoms with Crippen molar-refractivity contribution >= 4 is 33.0 Å². The predicted molar refractivity (Wildman–Crippen MR) is 81.5 cm³/mol. The first kappa shape index (κ1) is 15.9. The molecule has 2 N–H and O–H groups in total. The van der Waals surface area contributed by atoms with Gasteiger partial charge in [0.05, 0.1) is 16.5 Å². The molecule has 0 aliphatic carbocycles. The minimum absolute atomic E-state index is 0.0313. The van der Waals surface area contributed by atoms with Crippen LogP contribution in [0.3, 0.4) is 0 Å². The Labute approximate surface area is 129 Å². The molecule has 0 amide bonds. The van der Waals surface area contributed by atoms with Crippen LogP contribution < -0.4 is 10.5 Å². The molecule has 20 heavy (non-hydrogen) atoms. The minimum Gasteiger partial charge on any atom is -0.487 e. The van der Waals surface area contributed by atoms with Crippen molar-refractivity contribution in [1.82, 2.24) is 0 Å². The van der Waals surface area contributed by atoms with Crippen LogP contribution in [0.2, 0.25) is 10.0 Å². The van der Waals surface area contributed by atoms with E-state index in [-0.39, 0.29) is 23.7 Å². The Kier molecular flexibility index (Phi) is 4.84. The van der Waals surface area contributed by atoms with E-state index in [2.05, 4.69) is 0 Å². The topological polar surface area (TPSA) is 69.4 Å². The van der Waals surface area contributed by atoms with Crippen LogP contribution in [0.15, 0.2) is 12.1 Å². The molecular formula is C13H17Cl2NO3S. The first-order valence-electron chi connectivity index (χ1n) is 6.37. The Morgan fingerprint density at radius 1 is 1.45 bits per heavy atom. The van der Waals surface area contributed by atoms with E-state index in [9.17, 15) is 8.42 Å². The van der Waals surface area contributed by atoms with Gasteiger partial charge in [0.15, 0.2) is 9.84 Å². The lowest BCUT2D eigenvalue weighted by Crippen LogP contribution is -2.21. The standard InChI is InChI=1S/C13H17Cl2NO3S/c1-8(16)4-9-5-10(14)6-12(15)13(9)19-11-2-3-20(17,18)7-11/h5-6,8,11H,2-4,7,16H2,1H3. The second kappa shape index (κ2) is 6.10. The van der Waals surface area contributed by atoms with Gasteiger partial charge in [0, 0.05) is 11.1 Å². The predicted octanol–water partition coefficient (Wildman–Crippen LogP) is 2.45. The van der Waals surface area contributed by atoms with Gasteiger partial charge in [0.1, 0.15) is 11.9 Å². The molecule has 2 rings (SSSR count). The summed E-state index contributed by atoms with van der Waals surface area (Å²) in [4.78, 5) is 0. The normalized spacial score (nSPS) is 22.7. The van der Waals surface area contributed by atoms with Crippen LogP contribution in [-0.2, 0) is 16.3 Å². The maximum Gasteiger partial charge on any atom is 0.154 e. The molecule has 1 aliphatic rings. The number of halogens is 2. The fourth-order valence-electron chi connectivity index (χ4n) is 2.26. The monoisotopic (exact) mass is 337 g/mol. The summed E-state index contributed by atoms with van der Waals surface area (Å²) in [6.45, 7) is 1.87. The van der Waals surface area contributed by atoms with Crippen molar-refractivity contribution < 1.29 is 13.2 Å². The summed E-state index contributed by atoms with van der Waals surface area (Å²) in [5.41, 5.74) is 6.61. The number of hydrogen-bond donors (Lipinski definition) is 1. The number of benzene rings is 1. The quantitative estimate of drug-likeness (QED) is 0.916. The van der Waals surface area contributed by atoms with Crippen molar-refractivity contribution in [2.45, 2.75) is 31.9 Å². The van der Waals surface area contributed by atoms with Crippen LogP contribution in [0, 0.1) is 0 Å². The average Bonchev–Trinajstić information content (AvgIpc) is 2.62. The Balaban J connectivity index is 2.26. The molecule has 1 aromatic carbocycles. The van der Waals surface area contributed by atoms with E-state index < -0.39 is 9.84 Å². The lowest BCUT2D eigenvalue weighted by Gasteiger charge is -2.18. The zero-order valence-electron chi connectivity index (χ0n) is 11.1. The third-order valence-electron chi connectivity index (χ3n) is 3.10. The van der Waals surface area contributed by atoms with Crippen LogP contribution in [0.1, 0.15) is 18.9 Å². The van der Waals surface area contributed by atoms with Gasteiger partial charge in [-0.05, 0) is 37.5 Å². The van der Waals surface area contributed by atoms with Crippen LogP contribution >= 0.6 is 23.2 Å². The molecule has 1 saturated heterocycles. The van der Waals surface area contributed by atoms with E-state index in [0.717, 1.165) is 5.56 Å². The fourth-order valence-corrected chi connectivity index (χ4v) is 4.43. The van der Waals surface area contributed by atoms with Crippen LogP contribution in [0.4, 0.5) is 0 Å². The second-order valence-corrected chi connectivity index (χ2v) is 8.27. The van der Waals surface area contributed by atoms with Gasteiger partial charge in [-0.15, -0.1) is 0 Å². The molecule has 0 bridgehead atoms. The van der Waals surface area contributed by atoms with Crippen molar-refractivity contribution in [3.05, 3.63) is 27.7 Å². The summed E-state index contributed by atoms with van der Waals surface area (Å²) in [6, 6.07) is 3.28. The molecule has 7 heteroatoms. The Bertz CT molecular complexity index is 602. The summed E-state index contributed by atoms with van der Waals surface area (Å²) in [5, 5.41) is 0.898. The highest BCUT2D eigenvalue weighted by Crippen LogP contribution is 2.35. The summed E-state index contributed by atoms with van der Waals surface area (Å²) < 4.78 is 28.8. The molecule has 1 aliphatic heterocycles. The van der Waals surface area contributed by atoms with Crippen molar-refractivity contribution in [2.75, 3.05) is 11.5 Å². The van der Waals surface area contributed by atoms with Crippen molar-refractivity contribution in [3.8, 4) is 5.75 Å². The summed E-state index contributed by atoms with van der Waals surface area (Å²) in [5.74, 6) is 0.685. The minimum atomic E-state index is -2.99. The average molecular weight is 338 g/mol. The van der Waals surface area contributed by atoms with Crippen LogP contribution in [0.5, 0.6) is 5.75 Å².